The molecule has 8 heteroatoms. The molecule has 35 heavy (non-hydrogen) atoms. The van der Waals surface area contributed by atoms with Crippen LogP contribution in [0, 0.1) is 0 Å². The number of hydrogen-bond acceptors (Lipinski definition) is 2. The molecule has 0 N–H and O–H groups in total. The lowest BCUT2D eigenvalue weighted by Crippen LogP contribution is -2.66. The van der Waals surface area contributed by atoms with E-state index in [1.54, 1.807) is 21.9 Å². The molecule has 1 aliphatic heterocycles. The molecule has 1 unspecified atom stereocenters. The Hall–Kier alpha value is -1.95. The first-order valence-corrected chi connectivity index (χ1v) is 12.6. The molecule has 0 aliphatic carbocycles. The third-order valence-corrected chi connectivity index (χ3v) is 7.37. The average molecular weight is 552 g/mol. The molecule has 1 aliphatic rings. The average Bonchev–Trinajstić information content (AvgIpc) is 2.78. The summed E-state index contributed by atoms with van der Waals surface area (Å²) >= 11 is 25.4. The summed E-state index contributed by atoms with van der Waals surface area (Å²) in [5, 5.41) is 2.01. The van der Waals surface area contributed by atoms with Gasteiger partial charge in [-0.25, -0.2) is 4.79 Å². The van der Waals surface area contributed by atoms with Gasteiger partial charge in [-0.2, -0.15) is 0 Å². The van der Waals surface area contributed by atoms with Crippen LogP contribution in [-0.2, 0) is 15.7 Å². The van der Waals surface area contributed by atoms with E-state index in [9.17, 15) is 4.79 Å². The van der Waals surface area contributed by atoms with Gasteiger partial charge >= 0.3 is 6.03 Å². The highest BCUT2D eigenvalue weighted by Gasteiger charge is 2.50. The topological polar surface area (TPSA) is 32.8 Å². The summed E-state index contributed by atoms with van der Waals surface area (Å²) in [6.07, 6.45) is -0.655. The van der Waals surface area contributed by atoms with Crippen LogP contribution in [0.4, 0.5) is 10.5 Å². The predicted octanol–water partition coefficient (Wildman–Crippen LogP) is 8.76. The van der Waals surface area contributed by atoms with Crippen LogP contribution >= 0.6 is 46.4 Å². The molecule has 0 bridgehead atoms. The van der Waals surface area contributed by atoms with Gasteiger partial charge in [0, 0.05) is 31.2 Å². The number of halogens is 4. The minimum atomic E-state index is -0.844. The Morgan fingerprint density at radius 1 is 0.771 bits per heavy atom. The van der Waals surface area contributed by atoms with E-state index in [2.05, 4.69) is 0 Å². The Balaban J connectivity index is 1.86. The lowest BCUT2D eigenvalue weighted by atomic mass is 9.79. The van der Waals surface area contributed by atoms with Crippen molar-refractivity contribution in [3.8, 4) is 0 Å². The van der Waals surface area contributed by atoms with Crippen molar-refractivity contribution in [2.24, 2.45) is 0 Å². The maximum atomic E-state index is 14.2. The van der Waals surface area contributed by atoms with Gasteiger partial charge in [0.15, 0.2) is 0 Å². The van der Waals surface area contributed by atoms with Crippen molar-refractivity contribution in [1.82, 2.24) is 4.90 Å². The zero-order chi connectivity index (χ0) is 25.5. The van der Waals surface area contributed by atoms with Crippen LogP contribution in [0.2, 0.25) is 20.1 Å². The Morgan fingerprint density at radius 2 is 1.26 bits per heavy atom. The first-order valence-electron chi connectivity index (χ1n) is 11.1. The quantitative estimate of drug-likeness (QED) is 0.317. The molecule has 2 amide bonds. The minimum Gasteiger partial charge on any atom is -0.336 e. The number of ether oxygens (including phenoxy) is 1. The van der Waals surface area contributed by atoms with Crippen molar-refractivity contribution in [2.45, 2.75) is 44.9 Å². The normalized spacial score (nSPS) is 17.1. The van der Waals surface area contributed by atoms with Crippen molar-refractivity contribution in [2.75, 3.05) is 11.6 Å². The Labute approximate surface area is 226 Å². The van der Waals surface area contributed by atoms with Gasteiger partial charge in [0.25, 0.3) is 0 Å². The summed E-state index contributed by atoms with van der Waals surface area (Å²) in [4.78, 5) is 17.6. The summed E-state index contributed by atoms with van der Waals surface area (Å²) in [5.74, 6) is 0. The van der Waals surface area contributed by atoms with E-state index in [0.29, 0.717) is 20.1 Å². The smallest absolute Gasteiger partial charge is 0.329 e. The molecular weight excluding hydrogens is 526 g/mol. The van der Waals surface area contributed by atoms with Crippen LogP contribution < -0.4 is 4.90 Å². The van der Waals surface area contributed by atoms with Crippen molar-refractivity contribution in [3.05, 3.63) is 97.9 Å². The van der Waals surface area contributed by atoms with Crippen LogP contribution in [0.5, 0.6) is 0 Å². The van der Waals surface area contributed by atoms with Crippen molar-refractivity contribution in [1.29, 1.82) is 0 Å². The molecule has 0 spiro atoms. The molecule has 3 aromatic rings. The number of benzene rings is 3. The highest BCUT2D eigenvalue weighted by atomic mass is 35.5. The van der Waals surface area contributed by atoms with E-state index < -0.39 is 17.2 Å². The molecule has 1 fully saturated rings. The molecule has 4 rings (SSSR count). The van der Waals surface area contributed by atoms with Crippen molar-refractivity contribution in [3.63, 3.8) is 0 Å². The van der Waals surface area contributed by atoms with E-state index >= 15 is 0 Å². The van der Waals surface area contributed by atoms with Gasteiger partial charge in [0.05, 0.1) is 5.54 Å². The first-order chi connectivity index (χ1) is 16.4. The fraction of sp³-hybridized carbons (Fsp3) is 0.296. The largest absolute Gasteiger partial charge is 0.336 e. The predicted molar refractivity (Wildman–Crippen MR) is 145 cm³/mol. The lowest BCUT2D eigenvalue weighted by Gasteiger charge is -2.53. The molecular formula is C27H26Cl4N2O2. The van der Waals surface area contributed by atoms with Crippen LogP contribution in [0.1, 0.15) is 38.8 Å². The van der Waals surface area contributed by atoms with Crippen molar-refractivity contribution < 1.29 is 9.53 Å². The summed E-state index contributed by atoms with van der Waals surface area (Å²) < 4.78 is 6.47. The highest BCUT2D eigenvalue weighted by Crippen LogP contribution is 2.43. The van der Waals surface area contributed by atoms with E-state index in [0.717, 1.165) is 16.8 Å². The standard InChI is InChI=1S/C27H26Cl4N2O2/c1-26(2,17-10-19(28)14-20(29)11-17)24-33(27(3,4)18-12-21(30)15-22(31)13-18)25(34)32(16-35-24)23-8-6-5-7-9-23/h5-15,24H,16H2,1-4H3. The maximum Gasteiger partial charge on any atom is 0.329 e. The summed E-state index contributed by atoms with van der Waals surface area (Å²) in [5.41, 5.74) is 0.859. The van der Waals surface area contributed by atoms with Gasteiger partial charge in [0.1, 0.15) is 13.0 Å². The molecule has 1 saturated heterocycles. The van der Waals surface area contributed by atoms with Crippen LogP contribution in [0.25, 0.3) is 0 Å². The second-order valence-electron chi connectivity index (χ2n) is 9.66. The Morgan fingerprint density at radius 3 is 1.77 bits per heavy atom. The van der Waals surface area contributed by atoms with E-state index in [4.69, 9.17) is 51.1 Å². The van der Waals surface area contributed by atoms with E-state index in [-0.39, 0.29) is 12.8 Å². The van der Waals surface area contributed by atoms with Gasteiger partial charge < -0.3 is 4.74 Å². The number of urea groups is 1. The second-order valence-corrected chi connectivity index (χ2v) is 11.4. The summed E-state index contributed by atoms with van der Waals surface area (Å²) in [7, 11) is 0. The molecule has 0 saturated carbocycles. The lowest BCUT2D eigenvalue weighted by molar-refractivity contribution is -0.127. The SMILES string of the molecule is CC(C)(c1cc(Cl)cc(Cl)c1)C1OCN(c2ccccc2)C(=O)N1C(C)(C)c1cc(Cl)cc(Cl)c1. The van der Waals surface area contributed by atoms with Gasteiger partial charge in [-0.1, -0.05) is 78.5 Å². The monoisotopic (exact) mass is 550 g/mol. The number of carbonyl (C=O) groups excluding carboxylic acids is 1. The second kappa shape index (κ2) is 9.84. The molecule has 184 valence electrons. The number of anilines is 1. The third-order valence-electron chi connectivity index (χ3n) is 6.50. The Bertz CT molecular complexity index is 1210. The number of para-hydroxylation sites is 1. The van der Waals surface area contributed by atoms with Gasteiger partial charge in [-0.3, -0.25) is 9.80 Å². The number of hydrogen-bond donors (Lipinski definition) is 0. The fourth-order valence-corrected chi connectivity index (χ4v) is 5.53. The molecule has 0 radical (unpaired) electrons. The van der Waals surface area contributed by atoms with E-state index in [1.165, 1.54) is 0 Å². The summed E-state index contributed by atoms with van der Waals surface area (Å²) in [6.45, 7) is 8.03. The molecule has 1 atom stereocenters. The zero-order valence-corrected chi connectivity index (χ0v) is 22.9. The first kappa shape index (κ1) is 26.1. The highest BCUT2D eigenvalue weighted by molar-refractivity contribution is 6.35. The minimum absolute atomic E-state index is 0.0914. The number of nitrogens with zero attached hydrogens (tertiary/aromatic N) is 2. The van der Waals surface area contributed by atoms with Gasteiger partial charge in [-0.05, 0) is 73.5 Å². The zero-order valence-electron chi connectivity index (χ0n) is 19.9. The van der Waals surface area contributed by atoms with Crippen molar-refractivity contribution >= 4 is 58.1 Å². The van der Waals surface area contributed by atoms with Crippen LogP contribution in [-0.4, -0.2) is 23.9 Å². The molecule has 0 aromatic heterocycles. The molecule has 4 nitrogen and oxygen atoms in total. The Kier molecular flexibility index (Phi) is 7.34. The third kappa shape index (κ3) is 5.14. The van der Waals surface area contributed by atoms with Crippen LogP contribution in [0.15, 0.2) is 66.7 Å². The van der Waals surface area contributed by atoms with Gasteiger partial charge in [0.2, 0.25) is 0 Å². The number of carbonyl (C=O) groups is 1. The number of rotatable bonds is 5. The number of amides is 2. The molecule has 1 heterocycles. The van der Waals surface area contributed by atoms with Crippen LogP contribution in [0.3, 0.4) is 0 Å². The van der Waals surface area contributed by atoms with E-state index in [1.807, 2.05) is 82.3 Å². The fourth-order valence-electron chi connectivity index (χ4n) is 4.48. The molecule has 3 aromatic carbocycles. The van der Waals surface area contributed by atoms with Gasteiger partial charge in [-0.15, -0.1) is 0 Å². The maximum absolute atomic E-state index is 14.2. The summed E-state index contributed by atoms with van der Waals surface area (Å²) in [6, 6.07) is 19.9.